The summed E-state index contributed by atoms with van der Waals surface area (Å²) in [6.45, 7) is 5.32. The summed E-state index contributed by atoms with van der Waals surface area (Å²) in [6.07, 6.45) is 4.49. The van der Waals surface area contributed by atoms with Gasteiger partial charge in [0.1, 0.15) is 0 Å². The van der Waals surface area contributed by atoms with Crippen LogP contribution in [0, 0.1) is 0 Å². The minimum absolute atomic E-state index is 0.0878. The number of carbonyl (C=O) groups excluding carboxylic acids is 1. The van der Waals surface area contributed by atoms with Crippen LogP contribution in [0.25, 0.3) is 0 Å². The Morgan fingerprint density at radius 3 is 2.64 bits per heavy atom. The van der Waals surface area contributed by atoms with Gasteiger partial charge in [-0.2, -0.15) is 11.8 Å². The van der Waals surface area contributed by atoms with Gasteiger partial charge in [0, 0.05) is 6.04 Å². The summed E-state index contributed by atoms with van der Waals surface area (Å²) in [5.41, 5.74) is 0. The lowest BCUT2D eigenvalue weighted by atomic mass is 10.3. The van der Waals surface area contributed by atoms with Crippen molar-refractivity contribution in [3.8, 4) is 0 Å². The van der Waals surface area contributed by atoms with E-state index in [1.54, 1.807) is 0 Å². The van der Waals surface area contributed by atoms with E-state index in [1.165, 1.54) is 12.2 Å². The van der Waals surface area contributed by atoms with Gasteiger partial charge in [-0.3, -0.25) is 4.79 Å². The highest BCUT2D eigenvalue weighted by Crippen LogP contribution is 1.97. The zero-order valence-electron chi connectivity index (χ0n) is 9.43. The van der Waals surface area contributed by atoms with Crippen molar-refractivity contribution in [2.24, 2.45) is 0 Å². The van der Waals surface area contributed by atoms with E-state index in [-0.39, 0.29) is 11.9 Å². The number of hydrogen-bond acceptors (Lipinski definition) is 3. The summed E-state index contributed by atoms with van der Waals surface area (Å²) < 4.78 is 0. The molecule has 0 rings (SSSR count). The molecule has 4 heteroatoms. The maximum Gasteiger partial charge on any atom is 0.234 e. The molecule has 0 aromatic heterocycles. The van der Waals surface area contributed by atoms with Crippen LogP contribution in [0.3, 0.4) is 0 Å². The molecule has 1 amide bonds. The molecule has 2 N–H and O–H groups in total. The summed E-state index contributed by atoms with van der Waals surface area (Å²) in [5, 5.41) is 5.97. The standard InChI is InChI=1S/C10H22N2OS/c1-9(2)12-10(13)8-11-6-4-5-7-14-3/h9,11H,4-8H2,1-3H3,(H,12,13). The molecule has 0 saturated carbocycles. The lowest BCUT2D eigenvalue weighted by Gasteiger charge is -2.08. The van der Waals surface area contributed by atoms with E-state index in [9.17, 15) is 4.79 Å². The predicted octanol–water partition coefficient (Wildman–Crippen LogP) is 1.24. The van der Waals surface area contributed by atoms with E-state index in [4.69, 9.17) is 0 Å². The number of unbranched alkanes of at least 4 members (excludes halogenated alkanes) is 1. The van der Waals surface area contributed by atoms with Crippen molar-refractivity contribution >= 4 is 17.7 Å². The minimum atomic E-state index is 0.0878. The Balaban J connectivity index is 3.15. The molecule has 0 radical (unpaired) electrons. The van der Waals surface area contributed by atoms with E-state index >= 15 is 0 Å². The number of rotatable bonds is 8. The van der Waals surface area contributed by atoms with Crippen LogP contribution in [0.2, 0.25) is 0 Å². The molecule has 0 aliphatic carbocycles. The monoisotopic (exact) mass is 218 g/mol. The number of carbonyl (C=O) groups is 1. The Morgan fingerprint density at radius 2 is 2.07 bits per heavy atom. The Bertz CT molecular complexity index is 151. The second-order valence-corrected chi connectivity index (χ2v) is 4.58. The third kappa shape index (κ3) is 9.86. The van der Waals surface area contributed by atoms with Gasteiger partial charge in [-0.15, -0.1) is 0 Å². The van der Waals surface area contributed by atoms with E-state index in [0.29, 0.717) is 6.54 Å². The average Bonchev–Trinajstić information content (AvgIpc) is 2.10. The van der Waals surface area contributed by atoms with Crippen LogP contribution >= 0.6 is 11.8 Å². The maximum absolute atomic E-state index is 11.2. The van der Waals surface area contributed by atoms with Gasteiger partial charge in [-0.05, 0) is 45.2 Å². The smallest absolute Gasteiger partial charge is 0.234 e. The molecule has 0 aromatic rings. The number of hydrogen-bond donors (Lipinski definition) is 2. The number of thioether (sulfide) groups is 1. The predicted molar refractivity (Wildman–Crippen MR) is 63.8 cm³/mol. The van der Waals surface area contributed by atoms with Crippen LogP contribution in [0.15, 0.2) is 0 Å². The fraction of sp³-hybridized carbons (Fsp3) is 0.900. The van der Waals surface area contributed by atoms with Crippen molar-refractivity contribution in [1.29, 1.82) is 0 Å². The first-order valence-corrected chi connectivity index (χ1v) is 6.55. The van der Waals surface area contributed by atoms with Gasteiger partial charge in [0.2, 0.25) is 5.91 Å². The fourth-order valence-electron chi connectivity index (χ4n) is 1.07. The van der Waals surface area contributed by atoms with E-state index in [1.807, 2.05) is 25.6 Å². The minimum Gasteiger partial charge on any atom is -0.353 e. The second kappa shape index (κ2) is 9.34. The molecule has 0 unspecified atom stereocenters. The van der Waals surface area contributed by atoms with Crippen LogP contribution in [0.1, 0.15) is 26.7 Å². The molecule has 0 bridgehead atoms. The summed E-state index contributed by atoms with van der Waals surface area (Å²) in [4.78, 5) is 11.2. The van der Waals surface area contributed by atoms with Gasteiger partial charge >= 0.3 is 0 Å². The van der Waals surface area contributed by atoms with Gasteiger partial charge in [-0.25, -0.2) is 0 Å². The van der Waals surface area contributed by atoms with Crippen molar-refractivity contribution in [2.45, 2.75) is 32.7 Å². The largest absolute Gasteiger partial charge is 0.353 e. The molecule has 0 atom stereocenters. The normalized spacial score (nSPS) is 10.6. The lowest BCUT2D eigenvalue weighted by molar-refractivity contribution is -0.120. The topological polar surface area (TPSA) is 41.1 Å². The van der Waals surface area contributed by atoms with Crippen molar-refractivity contribution in [3.63, 3.8) is 0 Å². The molecular weight excluding hydrogens is 196 g/mol. The van der Waals surface area contributed by atoms with Crippen LogP contribution < -0.4 is 10.6 Å². The van der Waals surface area contributed by atoms with Crippen LogP contribution in [-0.2, 0) is 4.79 Å². The van der Waals surface area contributed by atoms with E-state index in [0.717, 1.165) is 13.0 Å². The molecule has 14 heavy (non-hydrogen) atoms. The van der Waals surface area contributed by atoms with Crippen molar-refractivity contribution in [1.82, 2.24) is 10.6 Å². The maximum atomic E-state index is 11.2. The SMILES string of the molecule is CSCCCCNCC(=O)NC(C)C. The third-order valence-electron chi connectivity index (χ3n) is 1.69. The third-order valence-corrected chi connectivity index (χ3v) is 2.38. The van der Waals surface area contributed by atoms with Crippen molar-refractivity contribution in [3.05, 3.63) is 0 Å². The van der Waals surface area contributed by atoms with Gasteiger partial charge < -0.3 is 10.6 Å². The van der Waals surface area contributed by atoms with Gasteiger partial charge in [0.15, 0.2) is 0 Å². The summed E-state index contributed by atoms with van der Waals surface area (Å²) in [7, 11) is 0. The first-order chi connectivity index (χ1) is 6.66. The molecule has 0 fully saturated rings. The second-order valence-electron chi connectivity index (χ2n) is 3.60. The van der Waals surface area contributed by atoms with E-state index in [2.05, 4.69) is 16.9 Å². The summed E-state index contributed by atoms with van der Waals surface area (Å²) in [6, 6.07) is 0.237. The Kier molecular flexibility index (Phi) is 9.19. The molecular formula is C10H22N2OS. The van der Waals surface area contributed by atoms with Crippen LogP contribution in [0.5, 0.6) is 0 Å². The number of amides is 1. The molecule has 0 spiro atoms. The van der Waals surface area contributed by atoms with Gasteiger partial charge in [0.25, 0.3) is 0 Å². The lowest BCUT2D eigenvalue weighted by Crippen LogP contribution is -2.37. The summed E-state index contributed by atoms with van der Waals surface area (Å²) >= 11 is 1.87. The molecule has 0 aliphatic rings. The van der Waals surface area contributed by atoms with Gasteiger partial charge in [0.05, 0.1) is 6.54 Å². The highest BCUT2D eigenvalue weighted by Gasteiger charge is 2.00. The Hall–Kier alpha value is -0.220. The molecule has 3 nitrogen and oxygen atoms in total. The molecule has 0 aromatic carbocycles. The number of nitrogens with one attached hydrogen (secondary N) is 2. The first kappa shape index (κ1) is 13.8. The zero-order valence-corrected chi connectivity index (χ0v) is 10.2. The van der Waals surface area contributed by atoms with E-state index < -0.39 is 0 Å². The quantitative estimate of drug-likeness (QED) is 0.602. The first-order valence-electron chi connectivity index (χ1n) is 5.16. The van der Waals surface area contributed by atoms with Crippen molar-refractivity contribution < 1.29 is 4.79 Å². The molecule has 0 aliphatic heterocycles. The van der Waals surface area contributed by atoms with Crippen molar-refractivity contribution in [2.75, 3.05) is 25.1 Å². The van der Waals surface area contributed by atoms with Gasteiger partial charge in [-0.1, -0.05) is 0 Å². The average molecular weight is 218 g/mol. The zero-order chi connectivity index (χ0) is 10.8. The van der Waals surface area contributed by atoms with Crippen LogP contribution in [-0.4, -0.2) is 37.0 Å². The molecule has 0 saturated heterocycles. The highest BCUT2D eigenvalue weighted by molar-refractivity contribution is 7.98. The Labute approximate surface area is 91.4 Å². The van der Waals surface area contributed by atoms with Crippen LogP contribution in [0.4, 0.5) is 0 Å². The Morgan fingerprint density at radius 1 is 1.36 bits per heavy atom. The summed E-state index contributed by atoms with van der Waals surface area (Å²) in [5.74, 6) is 1.30. The molecule has 84 valence electrons. The fourth-order valence-corrected chi connectivity index (χ4v) is 1.56. The highest BCUT2D eigenvalue weighted by atomic mass is 32.2. The molecule has 0 heterocycles.